The van der Waals surface area contributed by atoms with E-state index < -0.39 is 0 Å². The van der Waals surface area contributed by atoms with Gasteiger partial charge in [0, 0.05) is 5.92 Å². The number of Topliss-reactive ketones (excluding diaryl/α,β-unsaturated/α-hetero) is 1. The maximum Gasteiger partial charge on any atom is 0.180 e. The van der Waals surface area contributed by atoms with Crippen molar-refractivity contribution in [2.24, 2.45) is 17.6 Å². The quantitative estimate of drug-likeness (QED) is 0.655. The Bertz CT molecular complexity index is 182. The summed E-state index contributed by atoms with van der Waals surface area (Å²) in [4.78, 5) is 11.4. The maximum absolute atomic E-state index is 11.4. The molecule has 0 fully saturated rings. The molecule has 0 aliphatic rings. The van der Waals surface area contributed by atoms with Crippen LogP contribution in [0.4, 0.5) is 0 Å². The van der Waals surface area contributed by atoms with Crippen molar-refractivity contribution in [3.63, 3.8) is 0 Å². The number of carbonyl (C=O) groups is 1. The second-order valence-corrected chi connectivity index (χ2v) is 3.64. The molecule has 0 heterocycles. The zero-order chi connectivity index (χ0) is 9.72. The van der Waals surface area contributed by atoms with E-state index in [1.54, 1.807) is 13.0 Å². The van der Waals surface area contributed by atoms with Crippen LogP contribution in [0.2, 0.25) is 0 Å². The van der Waals surface area contributed by atoms with Gasteiger partial charge < -0.3 is 5.73 Å². The zero-order valence-corrected chi connectivity index (χ0v) is 8.42. The van der Waals surface area contributed by atoms with Crippen molar-refractivity contribution < 1.29 is 4.79 Å². The molecule has 2 heteroatoms. The van der Waals surface area contributed by atoms with Crippen molar-refractivity contribution in [2.75, 3.05) is 0 Å². The summed E-state index contributed by atoms with van der Waals surface area (Å²) in [5.41, 5.74) is 5.90. The second-order valence-electron chi connectivity index (χ2n) is 3.64. The number of rotatable bonds is 4. The van der Waals surface area contributed by atoms with Crippen molar-refractivity contribution in [2.45, 2.75) is 34.1 Å². The first-order valence-corrected chi connectivity index (χ1v) is 4.45. The molecule has 1 unspecified atom stereocenters. The van der Waals surface area contributed by atoms with Gasteiger partial charge in [-0.1, -0.05) is 26.8 Å². The smallest absolute Gasteiger partial charge is 0.180 e. The lowest BCUT2D eigenvalue weighted by atomic mass is 9.93. The summed E-state index contributed by atoms with van der Waals surface area (Å²) in [6.45, 7) is 7.93. The van der Waals surface area contributed by atoms with E-state index in [0.717, 1.165) is 6.42 Å². The fourth-order valence-electron chi connectivity index (χ4n) is 1.24. The average Bonchev–Trinajstić information content (AvgIpc) is 2.00. The van der Waals surface area contributed by atoms with Crippen LogP contribution in [0.25, 0.3) is 0 Å². The maximum atomic E-state index is 11.4. The SMILES string of the molecule is C/C=C(\N)C(=O)C(C)CC(C)C. The fraction of sp³-hybridized carbons (Fsp3) is 0.700. The topological polar surface area (TPSA) is 43.1 Å². The predicted octanol–water partition coefficient (Wildman–Crippen LogP) is 2.10. The Balaban J connectivity index is 4.11. The van der Waals surface area contributed by atoms with Crippen LogP contribution >= 0.6 is 0 Å². The Morgan fingerprint density at radius 3 is 2.25 bits per heavy atom. The molecule has 0 aliphatic heterocycles. The highest BCUT2D eigenvalue weighted by Gasteiger charge is 2.15. The van der Waals surface area contributed by atoms with Crippen LogP contribution < -0.4 is 5.73 Å². The molecule has 2 nitrogen and oxygen atoms in total. The number of nitrogens with two attached hydrogens (primary N) is 1. The third-order valence-electron chi connectivity index (χ3n) is 1.87. The minimum Gasteiger partial charge on any atom is -0.396 e. The normalized spacial score (nSPS) is 14.9. The Kier molecular flexibility index (Phi) is 4.64. The molecule has 2 N–H and O–H groups in total. The van der Waals surface area contributed by atoms with Gasteiger partial charge in [0.15, 0.2) is 5.78 Å². The third kappa shape index (κ3) is 3.56. The van der Waals surface area contributed by atoms with Gasteiger partial charge >= 0.3 is 0 Å². The van der Waals surface area contributed by atoms with Gasteiger partial charge in [0.05, 0.1) is 5.70 Å². The Labute approximate surface area is 74.8 Å². The molecular weight excluding hydrogens is 150 g/mol. The van der Waals surface area contributed by atoms with E-state index in [4.69, 9.17) is 5.73 Å². The average molecular weight is 169 g/mol. The summed E-state index contributed by atoms with van der Waals surface area (Å²) in [5, 5.41) is 0. The van der Waals surface area contributed by atoms with Gasteiger partial charge in [0.25, 0.3) is 0 Å². The monoisotopic (exact) mass is 169 g/mol. The van der Waals surface area contributed by atoms with E-state index in [1.807, 2.05) is 6.92 Å². The molecule has 0 amide bonds. The van der Waals surface area contributed by atoms with Gasteiger partial charge in [-0.3, -0.25) is 4.79 Å². The Morgan fingerprint density at radius 1 is 1.42 bits per heavy atom. The number of ketones is 1. The number of hydrogen-bond acceptors (Lipinski definition) is 2. The first-order valence-electron chi connectivity index (χ1n) is 4.45. The van der Waals surface area contributed by atoms with E-state index in [2.05, 4.69) is 13.8 Å². The van der Waals surface area contributed by atoms with Crippen molar-refractivity contribution in [1.82, 2.24) is 0 Å². The van der Waals surface area contributed by atoms with Gasteiger partial charge in [-0.15, -0.1) is 0 Å². The number of allylic oxidation sites excluding steroid dienone is 2. The van der Waals surface area contributed by atoms with E-state index in [9.17, 15) is 4.79 Å². The molecule has 0 saturated heterocycles. The van der Waals surface area contributed by atoms with Crippen LogP contribution in [-0.2, 0) is 4.79 Å². The fourth-order valence-corrected chi connectivity index (χ4v) is 1.24. The molecule has 0 aromatic carbocycles. The van der Waals surface area contributed by atoms with Crippen molar-refractivity contribution >= 4 is 5.78 Å². The molecule has 0 aromatic heterocycles. The van der Waals surface area contributed by atoms with Gasteiger partial charge in [-0.2, -0.15) is 0 Å². The first kappa shape index (κ1) is 11.2. The van der Waals surface area contributed by atoms with Gasteiger partial charge in [0.2, 0.25) is 0 Å². The second kappa shape index (κ2) is 4.96. The van der Waals surface area contributed by atoms with Crippen molar-refractivity contribution in [1.29, 1.82) is 0 Å². The molecule has 12 heavy (non-hydrogen) atoms. The van der Waals surface area contributed by atoms with Crippen LogP contribution in [0.5, 0.6) is 0 Å². The van der Waals surface area contributed by atoms with E-state index in [0.29, 0.717) is 11.6 Å². The summed E-state index contributed by atoms with van der Waals surface area (Å²) in [5.74, 6) is 0.681. The predicted molar refractivity (Wildman–Crippen MR) is 51.6 cm³/mol. The summed E-state index contributed by atoms with van der Waals surface area (Å²) in [6, 6.07) is 0. The molecule has 0 bridgehead atoms. The first-order chi connectivity index (χ1) is 5.49. The van der Waals surface area contributed by atoms with E-state index in [-0.39, 0.29) is 11.7 Å². The van der Waals surface area contributed by atoms with Crippen molar-refractivity contribution in [3.8, 4) is 0 Å². The van der Waals surface area contributed by atoms with Crippen LogP contribution in [0.15, 0.2) is 11.8 Å². The molecule has 0 spiro atoms. The molecule has 1 atom stereocenters. The summed E-state index contributed by atoms with van der Waals surface area (Å²) >= 11 is 0. The number of carbonyl (C=O) groups excluding carboxylic acids is 1. The largest absolute Gasteiger partial charge is 0.396 e. The zero-order valence-electron chi connectivity index (χ0n) is 8.42. The molecular formula is C10H19NO. The van der Waals surface area contributed by atoms with Gasteiger partial charge in [-0.25, -0.2) is 0 Å². The van der Waals surface area contributed by atoms with Crippen LogP contribution in [-0.4, -0.2) is 5.78 Å². The molecule has 0 saturated carbocycles. The van der Waals surface area contributed by atoms with Gasteiger partial charge in [0.1, 0.15) is 0 Å². The Morgan fingerprint density at radius 2 is 1.92 bits per heavy atom. The third-order valence-corrected chi connectivity index (χ3v) is 1.87. The molecule has 0 aromatic rings. The van der Waals surface area contributed by atoms with E-state index in [1.165, 1.54) is 0 Å². The number of hydrogen-bond donors (Lipinski definition) is 1. The lowest BCUT2D eigenvalue weighted by Gasteiger charge is -2.12. The lowest BCUT2D eigenvalue weighted by Crippen LogP contribution is -2.20. The summed E-state index contributed by atoms with van der Waals surface area (Å²) in [7, 11) is 0. The van der Waals surface area contributed by atoms with Crippen LogP contribution in [0.3, 0.4) is 0 Å². The standard InChI is InChI=1S/C10H19NO/c1-5-9(11)10(12)8(4)6-7(2)3/h5,7-8H,6,11H2,1-4H3/b9-5-. The van der Waals surface area contributed by atoms with Crippen LogP contribution in [0.1, 0.15) is 34.1 Å². The molecule has 70 valence electrons. The van der Waals surface area contributed by atoms with Gasteiger partial charge in [-0.05, 0) is 19.3 Å². The highest BCUT2D eigenvalue weighted by Crippen LogP contribution is 2.13. The summed E-state index contributed by atoms with van der Waals surface area (Å²) in [6.07, 6.45) is 2.58. The minimum atomic E-state index is 0.0567. The minimum absolute atomic E-state index is 0.0567. The summed E-state index contributed by atoms with van der Waals surface area (Å²) < 4.78 is 0. The highest BCUT2D eigenvalue weighted by molar-refractivity contribution is 5.95. The highest BCUT2D eigenvalue weighted by atomic mass is 16.1. The van der Waals surface area contributed by atoms with Crippen molar-refractivity contribution in [3.05, 3.63) is 11.8 Å². The molecule has 0 radical (unpaired) electrons. The Hall–Kier alpha value is -0.790. The molecule has 0 rings (SSSR count). The van der Waals surface area contributed by atoms with E-state index >= 15 is 0 Å². The lowest BCUT2D eigenvalue weighted by molar-refractivity contribution is -0.119. The van der Waals surface area contributed by atoms with Crippen LogP contribution in [0, 0.1) is 11.8 Å². The molecule has 0 aliphatic carbocycles.